The van der Waals surface area contributed by atoms with E-state index in [9.17, 15) is 4.79 Å². The molecule has 0 saturated carbocycles. The molecule has 4 heteroatoms. The molecule has 0 spiro atoms. The number of carbonyl (C=O) groups excluding carboxylic acids is 1. The fourth-order valence-electron chi connectivity index (χ4n) is 1.29. The van der Waals surface area contributed by atoms with Gasteiger partial charge in [-0.05, 0) is 12.1 Å². The van der Waals surface area contributed by atoms with Gasteiger partial charge in [-0.2, -0.15) is 0 Å². The zero-order valence-corrected chi connectivity index (χ0v) is 7.42. The summed E-state index contributed by atoms with van der Waals surface area (Å²) in [4.78, 5) is 14.3. The first kappa shape index (κ1) is 8.50. The summed E-state index contributed by atoms with van der Waals surface area (Å²) in [6, 6.07) is 7.52. The molecule has 0 aliphatic heterocycles. The molecule has 0 saturated heterocycles. The summed E-state index contributed by atoms with van der Waals surface area (Å²) in [6.45, 7) is 0. The molecule has 1 amide bonds. The van der Waals surface area contributed by atoms with E-state index in [1.54, 1.807) is 12.5 Å². The monoisotopic (exact) mass is 187 g/mol. The van der Waals surface area contributed by atoms with Crippen LogP contribution in [0.4, 0.5) is 5.69 Å². The zero-order chi connectivity index (χ0) is 9.80. The van der Waals surface area contributed by atoms with E-state index in [0.717, 1.165) is 11.4 Å². The van der Waals surface area contributed by atoms with Crippen molar-refractivity contribution >= 4 is 12.1 Å². The number of anilines is 1. The molecule has 0 unspecified atom stereocenters. The van der Waals surface area contributed by atoms with Crippen LogP contribution in [0.2, 0.25) is 0 Å². The van der Waals surface area contributed by atoms with Gasteiger partial charge in [0.1, 0.15) is 0 Å². The Bertz CT molecular complexity index is 423. The zero-order valence-electron chi connectivity index (χ0n) is 7.42. The number of imidazole rings is 1. The highest BCUT2D eigenvalue weighted by atomic mass is 16.1. The average Bonchev–Trinajstić information content (AvgIpc) is 2.72. The number of hydrogen-bond acceptors (Lipinski definition) is 2. The van der Waals surface area contributed by atoms with E-state index < -0.39 is 0 Å². The van der Waals surface area contributed by atoms with E-state index in [1.807, 2.05) is 35.0 Å². The van der Waals surface area contributed by atoms with Gasteiger partial charge in [0.05, 0.1) is 17.7 Å². The van der Waals surface area contributed by atoms with Gasteiger partial charge in [0, 0.05) is 12.4 Å². The van der Waals surface area contributed by atoms with E-state index in [0.29, 0.717) is 6.41 Å². The standard InChI is InChI=1S/C10H9N3O/c14-8-12-9-3-1-2-4-10(9)13-6-5-11-7-13/h1-8H,(H,12,14). The molecule has 1 aromatic carbocycles. The number of rotatable bonds is 3. The minimum Gasteiger partial charge on any atom is -0.327 e. The minimum atomic E-state index is 0.662. The quantitative estimate of drug-likeness (QED) is 0.739. The van der Waals surface area contributed by atoms with Gasteiger partial charge in [0.25, 0.3) is 0 Å². The first-order valence-corrected chi connectivity index (χ1v) is 4.19. The molecule has 1 heterocycles. The number of benzene rings is 1. The third-order valence-electron chi connectivity index (χ3n) is 1.90. The molecule has 0 aliphatic rings. The van der Waals surface area contributed by atoms with Gasteiger partial charge < -0.3 is 9.88 Å². The molecule has 0 aliphatic carbocycles. The summed E-state index contributed by atoms with van der Waals surface area (Å²) in [7, 11) is 0. The number of para-hydroxylation sites is 2. The molecule has 70 valence electrons. The fraction of sp³-hybridized carbons (Fsp3) is 0. The van der Waals surface area contributed by atoms with Crippen molar-refractivity contribution in [2.24, 2.45) is 0 Å². The van der Waals surface area contributed by atoms with Gasteiger partial charge in [0.15, 0.2) is 0 Å². The highest BCUT2D eigenvalue weighted by molar-refractivity contribution is 5.76. The number of nitrogens with zero attached hydrogens (tertiary/aromatic N) is 2. The van der Waals surface area contributed by atoms with Gasteiger partial charge in [-0.25, -0.2) is 4.98 Å². The molecule has 0 radical (unpaired) electrons. The molecule has 0 atom stereocenters. The normalized spacial score (nSPS) is 9.71. The maximum atomic E-state index is 10.4. The molecule has 4 nitrogen and oxygen atoms in total. The average molecular weight is 187 g/mol. The largest absolute Gasteiger partial charge is 0.327 e. The predicted molar refractivity (Wildman–Crippen MR) is 53.3 cm³/mol. The lowest BCUT2D eigenvalue weighted by atomic mass is 10.2. The number of carbonyl (C=O) groups is 1. The molecular formula is C10H9N3O. The van der Waals surface area contributed by atoms with Crippen LogP contribution >= 0.6 is 0 Å². The highest BCUT2D eigenvalue weighted by Gasteiger charge is 2.01. The molecule has 2 rings (SSSR count). The molecule has 2 aromatic rings. The van der Waals surface area contributed by atoms with Crippen molar-refractivity contribution in [1.29, 1.82) is 0 Å². The van der Waals surface area contributed by atoms with Crippen LogP contribution < -0.4 is 5.32 Å². The van der Waals surface area contributed by atoms with Crippen LogP contribution in [0.15, 0.2) is 43.0 Å². The molecule has 0 bridgehead atoms. The summed E-state index contributed by atoms with van der Waals surface area (Å²) in [5.74, 6) is 0. The van der Waals surface area contributed by atoms with Crippen LogP contribution in [0.25, 0.3) is 5.69 Å². The van der Waals surface area contributed by atoms with E-state index in [1.165, 1.54) is 0 Å². The van der Waals surface area contributed by atoms with Crippen molar-refractivity contribution < 1.29 is 4.79 Å². The van der Waals surface area contributed by atoms with Gasteiger partial charge in [-0.1, -0.05) is 12.1 Å². The minimum absolute atomic E-state index is 0.662. The summed E-state index contributed by atoms with van der Waals surface area (Å²) in [5, 5.41) is 2.64. The highest BCUT2D eigenvalue weighted by Crippen LogP contribution is 2.18. The number of nitrogens with one attached hydrogen (secondary N) is 1. The SMILES string of the molecule is O=CNc1ccccc1-n1ccnc1. The van der Waals surface area contributed by atoms with E-state index in [2.05, 4.69) is 10.3 Å². The van der Waals surface area contributed by atoms with Crippen molar-refractivity contribution in [3.05, 3.63) is 43.0 Å². The first-order chi connectivity index (χ1) is 6.92. The third kappa shape index (κ3) is 1.50. The Balaban J connectivity index is 2.46. The maximum Gasteiger partial charge on any atom is 0.211 e. The summed E-state index contributed by atoms with van der Waals surface area (Å²) >= 11 is 0. The van der Waals surface area contributed by atoms with Crippen LogP contribution in [0.5, 0.6) is 0 Å². The Hall–Kier alpha value is -2.10. The lowest BCUT2D eigenvalue weighted by Crippen LogP contribution is -2.00. The van der Waals surface area contributed by atoms with E-state index >= 15 is 0 Å². The topological polar surface area (TPSA) is 46.9 Å². The number of amides is 1. The van der Waals surface area contributed by atoms with Crippen LogP contribution in [0.3, 0.4) is 0 Å². The Labute approximate surface area is 81.2 Å². The van der Waals surface area contributed by atoms with Crippen LogP contribution in [-0.4, -0.2) is 16.0 Å². The molecule has 0 fully saturated rings. The summed E-state index contributed by atoms with van der Waals surface area (Å²) in [5.41, 5.74) is 1.66. The smallest absolute Gasteiger partial charge is 0.211 e. The van der Waals surface area contributed by atoms with Crippen molar-refractivity contribution in [2.75, 3.05) is 5.32 Å². The first-order valence-electron chi connectivity index (χ1n) is 4.19. The van der Waals surface area contributed by atoms with Crippen LogP contribution in [0, 0.1) is 0 Å². The van der Waals surface area contributed by atoms with Gasteiger partial charge >= 0.3 is 0 Å². The van der Waals surface area contributed by atoms with E-state index in [-0.39, 0.29) is 0 Å². The predicted octanol–water partition coefficient (Wildman–Crippen LogP) is 1.44. The van der Waals surface area contributed by atoms with Gasteiger partial charge in [-0.3, -0.25) is 4.79 Å². The Morgan fingerprint density at radius 2 is 2.21 bits per heavy atom. The molecule has 1 aromatic heterocycles. The fourth-order valence-corrected chi connectivity index (χ4v) is 1.29. The molecular weight excluding hydrogens is 178 g/mol. The van der Waals surface area contributed by atoms with Gasteiger partial charge in [-0.15, -0.1) is 0 Å². The lowest BCUT2D eigenvalue weighted by molar-refractivity contribution is -0.105. The second-order valence-electron chi connectivity index (χ2n) is 2.75. The number of aromatic nitrogens is 2. The Kier molecular flexibility index (Phi) is 2.27. The lowest BCUT2D eigenvalue weighted by Gasteiger charge is -2.07. The van der Waals surface area contributed by atoms with Crippen molar-refractivity contribution in [3.8, 4) is 5.69 Å². The summed E-state index contributed by atoms with van der Waals surface area (Å²) in [6.07, 6.45) is 5.87. The van der Waals surface area contributed by atoms with Crippen LogP contribution in [-0.2, 0) is 4.79 Å². The third-order valence-corrected chi connectivity index (χ3v) is 1.90. The molecule has 1 N–H and O–H groups in total. The maximum absolute atomic E-state index is 10.4. The summed E-state index contributed by atoms with van der Waals surface area (Å²) < 4.78 is 1.84. The van der Waals surface area contributed by atoms with Crippen molar-refractivity contribution in [1.82, 2.24) is 9.55 Å². The second-order valence-corrected chi connectivity index (χ2v) is 2.75. The van der Waals surface area contributed by atoms with Gasteiger partial charge in [0.2, 0.25) is 6.41 Å². The van der Waals surface area contributed by atoms with Crippen molar-refractivity contribution in [2.45, 2.75) is 0 Å². The van der Waals surface area contributed by atoms with Crippen LogP contribution in [0.1, 0.15) is 0 Å². The van der Waals surface area contributed by atoms with E-state index in [4.69, 9.17) is 0 Å². The number of hydrogen-bond donors (Lipinski definition) is 1. The second kappa shape index (κ2) is 3.74. The molecule has 14 heavy (non-hydrogen) atoms. The van der Waals surface area contributed by atoms with Crippen molar-refractivity contribution in [3.63, 3.8) is 0 Å². The Morgan fingerprint density at radius 1 is 1.36 bits per heavy atom. The Morgan fingerprint density at radius 3 is 2.93 bits per heavy atom.